The molecule has 20 heavy (non-hydrogen) atoms. The SMILES string of the molecule is Cc1csc2c(N(CC3CCCN3)C3CC3)ncnc12. The first-order valence-corrected chi connectivity index (χ1v) is 8.40. The highest BCUT2D eigenvalue weighted by Crippen LogP contribution is 2.37. The molecule has 0 amide bonds. The number of nitrogens with zero attached hydrogens (tertiary/aromatic N) is 3. The molecule has 106 valence electrons. The lowest BCUT2D eigenvalue weighted by molar-refractivity contribution is 0.576. The fraction of sp³-hybridized carbons (Fsp3) is 0.600. The molecule has 0 radical (unpaired) electrons. The maximum Gasteiger partial charge on any atom is 0.150 e. The van der Waals surface area contributed by atoms with Crippen molar-refractivity contribution in [2.24, 2.45) is 0 Å². The van der Waals surface area contributed by atoms with Crippen LogP contribution in [0.4, 0.5) is 5.82 Å². The third kappa shape index (κ3) is 2.19. The van der Waals surface area contributed by atoms with Crippen molar-refractivity contribution in [1.82, 2.24) is 15.3 Å². The van der Waals surface area contributed by atoms with Crippen LogP contribution in [-0.2, 0) is 0 Å². The molecule has 0 spiro atoms. The first-order chi connectivity index (χ1) is 9.83. The Morgan fingerprint density at radius 1 is 1.35 bits per heavy atom. The average Bonchev–Trinajstić information content (AvgIpc) is 3.04. The molecule has 0 aromatic carbocycles. The van der Waals surface area contributed by atoms with Crippen molar-refractivity contribution in [2.75, 3.05) is 18.0 Å². The van der Waals surface area contributed by atoms with E-state index < -0.39 is 0 Å². The molecular weight excluding hydrogens is 268 g/mol. The normalized spacial score (nSPS) is 22.6. The number of thiophene rings is 1. The lowest BCUT2D eigenvalue weighted by atomic mass is 10.2. The lowest BCUT2D eigenvalue weighted by Crippen LogP contribution is -2.39. The number of hydrogen-bond acceptors (Lipinski definition) is 5. The average molecular weight is 288 g/mol. The molecule has 5 heteroatoms. The summed E-state index contributed by atoms with van der Waals surface area (Å²) in [5, 5.41) is 5.81. The van der Waals surface area contributed by atoms with Crippen LogP contribution < -0.4 is 10.2 Å². The molecule has 3 heterocycles. The molecule has 1 aliphatic carbocycles. The van der Waals surface area contributed by atoms with Gasteiger partial charge in [-0.25, -0.2) is 9.97 Å². The Morgan fingerprint density at radius 3 is 3.00 bits per heavy atom. The Labute approximate surface area is 123 Å². The van der Waals surface area contributed by atoms with Crippen LogP contribution in [0.2, 0.25) is 0 Å². The van der Waals surface area contributed by atoms with E-state index in [1.54, 1.807) is 17.7 Å². The van der Waals surface area contributed by atoms with E-state index in [1.165, 1.54) is 42.5 Å². The van der Waals surface area contributed by atoms with Crippen LogP contribution in [0.25, 0.3) is 10.2 Å². The zero-order valence-corrected chi connectivity index (χ0v) is 12.6. The fourth-order valence-electron chi connectivity index (χ4n) is 3.11. The van der Waals surface area contributed by atoms with Gasteiger partial charge in [-0.3, -0.25) is 0 Å². The van der Waals surface area contributed by atoms with Crippen LogP contribution in [0.5, 0.6) is 0 Å². The quantitative estimate of drug-likeness (QED) is 0.939. The van der Waals surface area contributed by atoms with Crippen molar-refractivity contribution >= 4 is 27.4 Å². The number of anilines is 1. The molecule has 2 fully saturated rings. The molecule has 1 saturated carbocycles. The van der Waals surface area contributed by atoms with Gasteiger partial charge in [0.1, 0.15) is 12.1 Å². The highest BCUT2D eigenvalue weighted by molar-refractivity contribution is 7.18. The molecule has 2 aromatic rings. The smallest absolute Gasteiger partial charge is 0.150 e. The van der Waals surface area contributed by atoms with E-state index in [-0.39, 0.29) is 0 Å². The van der Waals surface area contributed by atoms with Gasteiger partial charge in [-0.15, -0.1) is 11.3 Å². The van der Waals surface area contributed by atoms with Crippen molar-refractivity contribution in [3.05, 3.63) is 17.3 Å². The van der Waals surface area contributed by atoms with Crippen LogP contribution in [0.1, 0.15) is 31.2 Å². The minimum absolute atomic E-state index is 0.627. The number of nitrogens with one attached hydrogen (secondary N) is 1. The van der Waals surface area contributed by atoms with Gasteiger partial charge in [-0.1, -0.05) is 0 Å². The molecule has 2 aliphatic rings. The van der Waals surface area contributed by atoms with Crippen molar-refractivity contribution < 1.29 is 0 Å². The molecule has 1 unspecified atom stereocenters. The van der Waals surface area contributed by atoms with Crippen molar-refractivity contribution in [1.29, 1.82) is 0 Å². The van der Waals surface area contributed by atoms with Crippen LogP contribution in [0.3, 0.4) is 0 Å². The predicted octanol–water partition coefficient (Wildman–Crippen LogP) is 2.72. The summed E-state index contributed by atoms with van der Waals surface area (Å²) in [4.78, 5) is 11.6. The first kappa shape index (κ1) is 12.5. The highest BCUT2D eigenvalue weighted by atomic mass is 32.1. The molecule has 4 rings (SSSR count). The van der Waals surface area contributed by atoms with E-state index in [4.69, 9.17) is 0 Å². The van der Waals surface area contributed by atoms with Gasteiger partial charge in [-0.2, -0.15) is 0 Å². The lowest BCUT2D eigenvalue weighted by Gasteiger charge is -2.27. The van der Waals surface area contributed by atoms with Gasteiger partial charge in [0.15, 0.2) is 0 Å². The monoisotopic (exact) mass is 288 g/mol. The maximum atomic E-state index is 4.62. The van der Waals surface area contributed by atoms with Gasteiger partial charge in [0, 0.05) is 18.6 Å². The van der Waals surface area contributed by atoms with Gasteiger partial charge in [0.2, 0.25) is 0 Å². The van der Waals surface area contributed by atoms with Crippen molar-refractivity contribution in [3.63, 3.8) is 0 Å². The van der Waals surface area contributed by atoms with Gasteiger partial charge in [0.25, 0.3) is 0 Å². The predicted molar refractivity (Wildman–Crippen MR) is 83.5 cm³/mol. The number of aryl methyl sites for hydroxylation is 1. The zero-order chi connectivity index (χ0) is 13.5. The molecule has 1 aliphatic heterocycles. The van der Waals surface area contributed by atoms with E-state index in [1.807, 2.05) is 0 Å². The summed E-state index contributed by atoms with van der Waals surface area (Å²) in [6, 6.07) is 1.32. The van der Waals surface area contributed by atoms with Crippen molar-refractivity contribution in [3.8, 4) is 0 Å². The standard InChI is InChI=1S/C15H20N4S/c1-10-8-20-14-13(10)17-9-18-15(14)19(12-4-5-12)7-11-3-2-6-16-11/h8-9,11-12,16H,2-7H2,1H3. The molecule has 1 atom stereocenters. The largest absolute Gasteiger partial charge is 0.351 e. The Morgan fingerprint density at radius 2 is 2.25 bits per heavy atom. The Bertz CT molecular complexity index is 613. The van der Waals surface area contributed by atoms with Gasteiger partial charge < -0.3 is 10.2 Å². The van der Waals surface area contributed by atoms with Gasteiger partial charge in [0.05, 0.1) is 10.2 Å². The summed E-state index contributed by atoms with van der Waals surface area (Å²) in [6.45, 7) is 4.39. The van der Waals surface area contributed by atoms with E-state index in [9.17, 15) is 0 Å². The van der Waals surface area contributed by atoms with Gasteiger partial charge >= 0.3 is 0 Å². The van der Waals surface area contributed by atoms with E-state index >= 15 is 0 Å². The Hall–Kier alpha value is -1.20. The summed E-state index contributed by atoms with van der Waals surface area (Å²) in [5.74, 6) is 1.16. The van der Waals surface area contributed by atoms with Crippen LogP contribution in [0.15, 0.2) is 11.7 Å². The summed E-state index contributed by atoms with van der Waals surface area (Å²) in [5.41, 5.74) is 2.40. The third-order valence-corrected chi connectivity index (χ3v) is 5.43. The first-order valence-electron chi connectivity index (χ1n) is 7.52. The number of rotatable bonds is 4. The highest BCUT2D eigenvalue weighted by Gasteiger charge is 2.33. The zero-order valence-electron chi connectivity index (χ0n) is 11.8. The summed E-state index contributed by atoms with van der Waals surface area (Å²) in [6.07, 6.45) is 6.95. The maximum absolute atomic E-state index is 4.62. The van der Waals surface area contributed by atoms with Crippen molar-refractivity contribution in [2.45, 2.75) is 44.7 Å². The summed E-state index contributed by atoms with van der Waals surface area (Å²) < 4.78 is 1.26. The van der Waals surface area contributed by atoms with Crippen LogP contribution >= 0.6 is 11.3 Å². The molecule has 2 aromatic heterocycles. The minimum atomic E-state index is 0.627. The summed E-state index contributed by atoms with van der Waals surface area (Å²) >= 11 is 1.78. The molecule has 0 bridgehead atoms. The van der Waals surface area contributed by atoms with Gasteiger partial charge in [-0.05, 0) is 50.1 Å². The fourth-order valence-corrected chi connectivity index (χ4v) is 4.11. The Kier molecular flexibility index (Phi) is 3.11. The van der Waals surface area contributed by atoms with Crippen LogP contribution in [-0.4, -0.2) is 35.1 Å². The third-order valence-electron chi connectivity index (χ3n) is 4.35. The van der Waals surface area contributed by atoms with E-state index in [0.29, 0.717) is 12.1 Å². The number of hydrogen-bond donors (Lipinski definition) is 1. The topological polar surface area (TPSA) is 41.0 Å². The molecule has 1 N–H and O–H groups in total. The van der Waals surface area contributed by atoms with Crippen LogP contribution in [0, 0.1) is 6.92 Å². The Balaban J connectivity index is 1.70. The minimum Gasteiger partial charge on any atom is -0.351 e. The number of fused-ring (bicyclic) bond motifs is 1. The second-order valence-electron chi connectivity index (χ2n) is 5.97. The van der Waals surface area contributed by atoms with E-state index in [2.05, 4.69) is 32.5 Å². The summed E-state index contributed by atoms with van der Waals surface area (Å²) in [7, 11) is 0. The molecule has 4 nitrogen and oxygen atoms in total. The second kappa shape index (κ2) is 4.97. The molecular formula is C15H20N4S. The molecule has 1 saturated heterocycles. The second-order valence-corrected chi connectivity index (χ2v) is 6.85. The number of aromatic nitrogens is 2. The van der Waals surface area contributed by atoms with E-state index in [0.717, 1.165) is 17.9 Å².